The van der Waals surface area contributed by atoms with Crippen LogP contribution in [0.5, 0.6) is 0 Å². The number of likely N-dealkylation sites (tertiary alicyclic amines) is 1. The molecule has 2 aromatic rings. The zero-order valence-electron chi connectivity index (χ0n) is 18.0. The second kappa shape index (κ2) is 10.0. The first kappa shape index (κ1) is 22.8. The Balaban J connectivity index is 1.41. The van der Waals surface area contributed by atoms with Crippen molar-refractivity contribution in [2.45, 2.75) is 18.6 Å². The monoisotopic (exact) mass is 469 g/mol. The third-order valence-corrected chi connectivity index (χ3v) is 5.87. The lowest BCUT2D eigenvalue weighted by atomic mass is 10.2. The number of nitrogens with zero attached hydrogens (tertiary/aromatic N) is 3. The molecule has 2 aliphatic rings. The number of amides is 4. The predicted molar refractivity (Wildman–Crippen MR) is 124 cm³/mol. The molecule has 1 fully saturated rings. The fourth-order valence-corrected chi connectivity index (χ4v) is 3.93. The number of rotatable bonds is 5. The van der Waals surface area contributed by atoms with Gasteiger partial charge in [-0.05, 0) is 36.4 Å². The molecule has 0 bridgehead atoms. The maximum atomic E-state index is 13.0. The van der Waals surface area contributed by atoms with E-state index < -0.39 is 12.1 Å². The van der Waals surface area contributed by atoms with Crippen molar-refractivity contribution in [3.63, 3.8) is 0 Å². The average Bonchev–Trinajstić information content (AvgIpc) is 3.51. The summed E-state index contributed by atoms with van der Waals surface area (Å²) in [6, 6.07) is 8.77. The van der Waals surface area contributed by atoms with E-state index in [-0.39, 0.29) is 24.5 Å². The highest BCUT2D eigenvalue weighted by Gasteiger charge is 2.40. The average molecular weight is 470 g/mol. The first-order chi connectivity index (χ1) is 15.9. The Hall–Kier alpha value is -3.43. The van der Waals surface area contributed by atoms with Crippen LogP contribution >= 0.6 is 11.6 Å². The number of hydrogen-bond donors (Lipinski definition) is 2. The van der Waals surface area contributed by atoms with Crippen LogP contribution in [0.25, 0.3) is 0 Å². The number of nitrogens with one attached hydrogen (secondary N) is 2. The second-order valence-corrected chi connectivity index (χ2v) is 8.24. The van der Waals surface area contributed by atoms with Crippen LogP contribution in [0.15, 0.2) is 54.7 Å². The van der Waals surface area contributed by atoms with Gasteiger partial charge in [-0.1, -0.05) is 23.8 Å². The molecule has 172 valence electrons. The van der Waals surface area contributed by atoms with Crippen molar-refractivity contribution in [3.8, 4) is 0 Å². The lowest BCUT2D eigenvalue weighted by Crippen LogP contribution is -2.45. The first-order valence-electron chi connectivity index (χ1n) is 10.5. The van der Waals surface area contributed by atoms with Gasteiger partial charge in [-0.3, -0.25) is 9.59 Å². The quantitative estimate of drug-likeness (QED) is 0.655. The van der Waals surface area contributed by atoms with E-state index >= 15 is 0 Å². The lowest BCUT2D eigenvalue weighted by molar-refractivity contribution is -0.119. The molecule has 33 heavy (non-hydrogen) atoms. The van der Waals surface area contributed by atoms with Crippen molar-refractivity contribution in [2.24, 2.45) is 0 Å². The topological polar surface area (TPSA) is 104 Å². The van der Waals surface area contributed by atoms with Gasteiger partial charge in [0.05, 0.1) is 11.7 Å². The minimum Gasteiger partial charge on any atom is -0.380 e. The number of anilines is 2. The van der Waals surface area contributed by atoms with E-state index in [9.17, 15) is 14.4 Å². The number of pyridine rings is 1. The van der Waals surface area contributed by atoms with Crippen LogP contribution in [-0.2, 0) is 9.53 Å². The minimum atomic E-state index is -0.735. The molecule has 3 heterocycles. The van der Waals surface area contributed by atoms with Gasteiger partial charge in [0.25, 0.3) is 5.91 Å². The Bertz CT molecular complexity index is 1050. The molecular weight excluding hydrogens is 446 g/mol. The molecule has 1 aromatic heterocycles. The predicted octanol–water partition coefficient (Wildman–Crippen LogP) is 3.01. The summed E-state index contributed by atoms with van der Waals surface area (Å²) < 4.78 is 5.40. The Morgan fingerprint density at radius 3 is 2.42 bits per heavy atom. The molecule has 0 aliphatic carbocycles. The van der Waals surface area contributed by atoms with Crippen LogP contribution < -0.4 is 10.6 Å². The Labute approximate surface area is 196 Å². The van der Waals surface area contributed by atoms with Crippen LogP contribution in [0, 0.1) is 0 Å². The van der Waals surface area contributed by atoms with Gasteiger partial charge < -0.3 is 25.2 Å². The fourth-order valence-electron chi connectivity index (χ4n) is 3.80. The molecule has 4 rings (SSSR count). The Kier molecular flexibility index (Phi) is 6.90. The Morgan fingerprint density at radius 2 is 1.79 bits per heavy atom. The van der Waals surface area contributed by atoms with Gasteiger partial charge >= 0.3 is 6.03 Å². The standard InChI is InChI=1S/C23H24ClN5O4/c1-33-18-12-19(29(14-18)23(32)26-17-7-5-16(24)6-8-17)21(30)27-20-9-4-15(13-25-20)22(31)28-10-2-3-11-28/h2-9,13,18-19H,10-12,14H2,1H3,(H,26,32)(H,25,27,30)/t18-,19-/m1/s1. The zero-order chi connectivity index (χ0) is 23.4. The second-order valence-electron chi connectivity index (χ2n) is 7.80. The van der Waals surface area contributed by atoms with Crippen molar-refractivity contribution in [1.29, 1.82) is 0 Å². The molecule has 10 heteroatoms. The van der Waals surface area contributed by atoms with E-state index in [4.69, 9.17) is 16.3 Å². The van der Waals surface area contributed by atoms with Gasteiger partial charge in [0.1, 0.15) is 11.9 Å². The number of methoxy groups -OCH3 is 1. The molecule has 0 radical (unpaired) electrons. The molecule has 1 saturated heterocycles. The smallest absolute Gasteiger partial charge is 0.322 e. The Morgan fingerprint density at radius 1 is 1.06 bits per heavy atom. The number of benzene rings is 1. The summed E-state index contributed by atoms with van der Waals surface area (Å²) in [7, 11) is 1.55. The molecule has 2 aliphatic heterocycles. The van der Waals surface area contributed by atoms with Crippen molar-refractivity contribution < 1.29 is 19.1 Å². The molecular formula is C23H24ClN5O4. The van der Waals surface area contributed by atoms with Crippen molar-refractivity contribution in [3.05, 3.63) is 65.3 Å². The summed E-state index contributed by atoms with van der Waals surface area (Å²) in [4.78, 5) is 45.6. The summed E-state index contributed by atoms with van der Waals surface area (Å²) in [5, 5.41) is 6.08. The molecule has 2 N–H and O–H groups in total. The van der Waals surface area contributed by atoms with Crippen molar-refractivity contribution >= 4 is 41.0 Å². The van der Waals surface area contributed by atoms with E-state index in [1.54, 1.807) is 48.4 Å². The third kappa shape index (κ3) is 5.32. The number of carbonyl (C=O) groups is 3. The fraction of sp³-hybridized carbons (Fsp3) is 0.304. The third-order valence-electron chi connectivity index (χ3n) is 5.62. The normalized spacial score (nSPS) is 19.6. The van der Waals surface area contributed by atoms with Gasteiger partial charge in [0.15, 0.2) is 0 Å². The van der Waals surface area contributed by atoms with E-state index in [2.05, 4.69) is 15.6 Å². The molecule has 9 nitrogen and oxygen atoms in total. The zero-order valence-corrected chi connectivity index (χ0v) is 18.8. The van der Waals surface area contributed by atoms with E-state index in [1.807, 2.05) is 12.2 Å². The summed E-state index contributed by atoms with van der Waals surface area (Å²) in [6.45, 7) is 1.43. The van der Waals surface area contributed by atoms with Crippen LogP contribution in [0.4, 0.5) is 16.3 Å². The number of ether oxygens (including phenoxy) is 1. The van der Waals surface area contributed by atoms with Gasteiger partial charge in [-0.2, -0.15) is 0 Å². The van der Waals surface area contributed by atoms with E-state index in [0.717, 1.165) is 0 Å². The highest BCUT2D eigenvalue weighted by atomic mass is 35.5. The maximum Gasteiger partial charge on any atom is 0.322 e. The lowest BCUT2D eigenvalue weighted by Gasteiger charge is -2.24. The number of halogens is 1. The molecule has 2 atom stereocenters. The highest BCUT2D eigenvalue weighted by Crippen LogP contribution is 2.23. The molecule has 0 saturated carbocycles. The largest absolute Gasteiger partial charge is 0.380 e. The van der Waals surface area contributed by atoms with Gasteiger partial charge in [0, 0.05) is 50.1 Å². The summed E-state index contributed by atoms with van der Waals surface area (Å²) in [6.07, 6.45) is 5.40. The molecule has 4 amide bonds. The number of urea groups is 1. The van der Waals surface area contributed by atoms with Crippen LogP contribution in [0.3, 0.4) is 0 Å². The highest BCUT2D eigenvalue weighted by molar-refractivity contribution is 6.30. The van der Waals surface area contributed by atoms with E-state index in [0.29, 0.717) is 41.6 Å². The first-order valence-corrected chi connectivity index (χ1v) is 10.9. The van der Waals surface area contributed by atoms with Crippen LogP contribution in [0.1, 0.15) is 16.8 Å². The number of carbonyl (C=O) groups excluding carboxylic acids is 3. The summed E-state index contributed by atoms with van der Waals surface area (Å²) >= 11 is 5.89. The summed E-state index contributed by atoms with van der Waals surface area (Å²) in [5.74, 6) is -0.194. The van der Waals surface area contributed by atoms with Crippen molar-refractivity contribution in [1.82, 2.24) is 14.8 Å². The van der Waals surface area contributed by atoms with Gasteiger partial charge in [0.2, 0.25) is 5.91 Å². The van der Waals surface area contributed by atoms with Crippen molar-refractivity contribution in [2.75, 3.05) is 37.4 Å². The maximum absolute atomic E-state index is 13.0. The molecule has 0 spiro atoms. The van der Waals surface area contributed by atoms with E-state index in [1.165, 1.54) is 11.1 Å². The van der Waals surface area contributed by atoms with Crippen LogP contribution in [-0.4, -0.2) is 71.5 Å². The van der Waals surface area contributed by atoms with Crippen LogP contribution in [0.2, 0.25) is 5.02 Å². The SMILES string of the molecule is CO[C@@H]1C[C@H](C(=O)Nc2ccc(C(=O)N3CC=CC3)cn2)N(C(=O)Nc2ccc(Cl)cc2)C1. The van der Waals surface area contributed by atoms with Gasteiger partial charge in [-0.25, -0.2) is 9.78 Å². The number of hydrogen-bond acceptors (Lipinski definition) is 5. The summed E-state index contributed by atoms with van der Waals surface area (Å²) in [5.41, 5.74) is 1.01. The molecule has 1 aromatic carbocycles. The molecule has 0 unspecified atom stereocenters. The van der Waals surface area contributed by atoms with Gasteiger partial charge in [-0.15, -0.1) is 0 Å². The number of aromatic nitrogens is 1. The minimum absolute atomic E-state index is 0.117.